The Morgan fingerprint density at radius 1 is 1.10 bits per heavy atom. The van der Waals surface area contributed by atoms with Gasteiger partial charge in [0.2, 0.25) is 5.91 Å². The van der Waals surface area contributed by atoms with Gasteiger partial charge in [-0.2, -0.15) is 10.2 Å². The van der Waals surface area contributed by atoms with E-state index in [1.165, 1.54) is 6.08 Å². The molecule has 0 aliphatic carbocycles. The topological polar surface area (TPSA) is 83.2 Å². The predicted octanol–water partition coefficient (Wildman–Crippen LogP) is 3.91. The minimum atomic E-state index is -0.220. The highest BCUT2D eigenvalue weighted by Crippen LogP contribution is 2.29. The molecule has 0 aliphatic rings. The molecule has 8 nitrogen and oxygen atoms in total. The third kappa shape index (κ3) is 5.75. The predicted molar refractivity (Wildman–Crippen MR) is 120 cm³/mol. The van der Waals surface area contributed by atoms with Crippen LogP contribution in [0.1, 0.15) is 37.6 Å². The fraction of sp³-hybridized carbons (Fsp3) is 0.348. The van der Waals surface area contributed by atoms with E-state index in [4.69, 9.17) is 9.47 Å². The Morgan fingerprint density at radius 2 is 1.87 bits per heavy atom. The molecule has 31 heavy (non-hydrogen) atoms. The van der Waals surface area contributed by atoms with Gasteiger partial charge < -0.3 is 14.8 Å². The van der Waals surface area contributed by atoms with E-state index in [9.17, 15) is 4.79 Å². The van der Waals surface area contributed by atoms with Crippen LogP contribution in [0.25, 0.3) is 6.08 Å². The Bertz CT molecular complexity index is 1050. The molecular weight excluding hydrogens is 394 g/mol. The maximum atomic E-state index is 12.3. The molecule has 1 N–H and O–H groups in total. The fourth-order valence-electron chi connectivity index (χ4n) is 3.19. The molecule has 0 atom stereocenters. The molecule has 0 aliphatic heterocycles. The fourth-order valence-corrected chi connectivity index (χ4v) is 3.19. The summed E-state index contributed by atoms with van der Waals surface area (Å²) in [7, 11) is 0. The lowest BCUT2D eigenvalue weighted by Gasteiger charge is -2.12. The summed E-state index contributed by atoms with van der Waals surface area (Å²) >= 11 is 0. The first-order chi connectivity index (χ1) is 15.0. The zero-order valence-corrected chi connectivity index (χ0v) is 18.5. The molecule has 164 valence electrons. The SMILES string of the molecule is CCOc1ccc(Cn2cc(NC(=O)/C=C/c3cnn(CC)c3C)cn2)cc1OCC. The van der Waals surface area contributed by atoms with Crippen LogP contribution < -0.4 is 14.8 Å². The number of rotatable bonds is 10. The molecule has 8 heteroatoms. The van der Waals surface area contributed by atoms with Crippen LogP contribution in [0.4, 0.5) is 5.69 Å². The standard InChI is InChI=1S/C23H29N5O3/c1-5-28-17(4)19(13-25-28)9-11-23(29)26-20-14-24-27(16-20)15-18-8-10-21(30-6-2)22(12-18)31-7-3/h8-14,16H,5-7,15H2,1-4H3,(H,26,29)/b11-9+. The lowest BCUT2D eigenvalue weighted by molar-refractivity contribution is -0.111. The molecule has 1 amide bonds. The molecular formula is C23H29N5O3. The smallest absolute Gasteiger partial charge is 0.248 e. The second-order valence-electron chi connectivity index (χ2n) is 6.90. The normalized spacial score (nSPS) is 11.1. The molecule has 0 unspecified atom stereocenters. The summed E-state index contributed by atoms with van der Waals surface area (Å²) < 4.78 is 14.9. The lowest BCUT2D eigenvalue weighted by atomic mass is 10.2. The van der Waals surface area contributed by atoms with Crippen molar-refractivity contribution in [1.82, 2.24) is 19.6 Å². The van der Waals surface area contributed by atoms with E-state index in [1.54, 1.807) is 29.3 Å². The molecule has 0 bridgehead atoms. The zero-order chi connectivity index (χ0) is 22.2. The van der Waals surface area contributed by atoms with E-state index in [2.05, 4.69) is 15.5 Å². The van der Waals surface area contributed by atoms with E-state index in [1.807, 2.05) is 50.6 Å². The van der Waals surface area contributed by atoms with Crippen molar-refractivity contribution in [3.05, 3.63) is 59.7 Å². The van der Waals surface area contributed by atoms with Gasteiger partial charge in [0.15, 0.2) is 11.5 Å². The van der Waals surface area contributed by atoms with Gasteiger partial charge in [-0.05, 0) is 51.5 Å². The van der Waals surface area contributed by atoms with Gasteiger partial charge in [-0.3, -0.25) is 14.2 Å². The zero-order valence-electron chi connectivity index (χ0n) is 18.5. The molecule has 0 spiro atoms. The maximum Gasteiger partial charge on any atom is 0.248 e. The van der Waals surface area contributed by atoms with Gasteiger partial charge in [-0.1, -0.05) is 6.07 Å². The minimum absolute atomic E-state index is 0.220. The van der Waals surface area contributed by atoms with Crippen LogP contribution in [0, 0.1) is 6.92 Å². The van der Waals surface area contributed by atoms with Crippen molar-refractivity contribution < 1.29 is 14.3 Å². The van der Waals surface area contributed by atoms with Crippen LogP contribution in [0.5, 0.6) is 11.5 Å². The van der Waals surface area contributed by atoms with Gasteiger partial charge in [0.1, 0.15) is 0 Å². The lowest BCUT2D eigenvalue weighted by Crippen LogP contribution is -2.07. The van der Waals surface area contributed by atoms with Gasteiger partial charge in [0.25, 0.3) is 0 Å². The van der Waals surface area contributed by atoms with Gasteiger partial charge in [0, 0.05) is 30.1 Å². The summed E-state index contributed by atoms with van der Waals surface area (Å²) in [6.07, 6.45) is 8.45. The summed E-state index contributed by atoms with van der Waals surface area (Å²) in [6, 6.07) is 5.84. The van der Waals surface area contributed by atoms with Gasteiger partial charge >= 0.3 is 0 Å². The first-order valence-corrected chi connectivity index (χ1v) is 10.5. The monoisotopic (exact) mass is 423 g/mol. The molecule has 1 aromatic carbocycles. The third-order valence-electron chi connectivity index (χ3n) is 4.71. The molecule has 0 saturated heterocycles. The molecule has 0 radical (unpaired) electrons. The minimum Gasteiger partial charge on any atom is -0.490 e. The molecule has 2 aromatic heterocycles. The summed E-state index contributed by atoms with van der Waals surface area (Å²) in [6.45, 7) is 10.4. The van der Waals surface area contributed by atoms with Crippen LogP contribution >= 0.6 is 0 Å². The van der Waals surface area contributed by atoms with Crippen molar-refractivity contribution in [3.8, 4) is 11.5 Å². The average Bonchev–Trinajstić information content (AvgIpc) is 3.34. The van der Waals surface area contributed by atoms with Crippen LogP contribution in [-0.4, -0.2) is 38.7 Å². The highest BCUT2D eigenvalue weighted by Gasteiger charge is 2.08. The van der Waals surface area contributed by atoms with Crippen molar-refractivity contribution in [2.45, 2.75) is 40.8 Å². The number of aromatic nitrogens is 4. The van der Waals surface area contributed by atoms with Gasteiger partial charge in [-0.15, -0.1) is 0 Å². The quantitative estimate of drug-likeness (QED) is 0.500. The number of nitrogens with one attached hydrogen (secondary N) is 1. The van der Waals surface area contributed by atoms with E-state index in [0.717, 1.165) is 29.1 Å². The molecule has 3 aromatic rings. The number of anilines is 1. The molecule has 2 heterocycles. The number of carbonyl (C=O) groups excluding carboxylic acids is 1. The first-order valence-electron chi connectivity index (χ1n) is 10.5. The van der Waals surface area contributed by atoms with Crippen molar-refractivity contribution in [2.24, 2.45) is 0 Å². The second-order valence-corrected chi connectivity index (χ2v) is 6.90. The van der Waals surface area contributed by atoms with Gasteiger partial charge in [0.05, 0.1) is 37.8 Å². The number of hydrogen-bond donors (Lipinski definition) is 1. The molecule has 0 fully saturated rings. The van der Waals surface area contributed by atoms with E-state index < -0.39 is 0 Å². The Labute approximate surface area is 182 Å². The Hall–Kier alpha value is -3.55. The number of aryl methyl sites for hydroxylation is 1. The van der Waals surface area contributed by atoms with Crippen LogP contribution in [0.2, 0.25) is 0 Å². The van der Waals surface area contributed by atoms with E-state index >= 15 is 0 Å². The Morgan fingerprint density at radius 3 is 2.58 bits per heavy atom. The maximum absolute atomic E-state index is 12.3. The Kier molecular flexibility index (Phi) is 7.48. The van der Waals surface area contributed by atoms with Crippen LogP contribution in [0.3, 0.4) is 0 Å². The summed E-state index contributed by atoms with van der Waals surface area (Å²) in [5.74, 6) is 1.23. The highest BCUT2D eigenvalue weighted by atomic mass is 16.5. The Balaban J connectivity index is 1.62. The summed E-state index contributed by atoms with van der Waals surface area (Å²) in [4.78, 5) is 12.3. The van der Waals surface area contributed by atoms with Crippen LogP contribution in [0.15, 0.2) is 42.9 Å². The van der Waals surface area contributed by atoms with E-state index in [-0.39, 0.29) is 5.91 Å². The van der Waals surface area contributed by atoms with Crippen molar-refractivity contribution >= 4 is 17.7 Å². The summed E-state index contributed by atoms with van der Waals surface area (Å²) in [5, 5.41) is 11.4. The van der Waals surface area contributed by atoms with Crippen molar-refractivity contribution in [1.29, 1.82) is 0 Å². The van der Waals surface area contributed by atoms with Crippen molar-refractivity contribution in [3.63, 3.8) is 0 Å². The number of carbonyl (C=O) groups is 1. The highest BCUT2D eigenvalue weighted by molar-refractivity contribution is 6.01. The second kappa shape index (κ2) is 10.5. The number of benzene rings is 1. The third-order valence-corrected chi connectivity index (χ3v) is 4.71. The van der Waals surface area contributed by atoms with Crippen molar-refractivity contribution in [2.75, 3.05) is 18.5 Å². The number of nitrogens with zero attached hydrogens (tertiary/aromatic N) is 4. The van der Waals surface area contributed by atoms with E-state index in [0.29, 0.717) is 31.2 Å². The van der Waals surface area contributed by atoms with Gasteiger partial charge in [-0.25, -0.2) is 0 Å². The first kappa shape index (κ1) is 22.1. The molecule has 0 saturated carbocycles. The average molecular weight is 424 g/mol. The largest absolute Gasteiger partial charge is 0.490 e. The number of amides is 1. The number of hydrogen-bond acceptors (Lipinski definition) is 5. The van der Waals surface area contributed by atoms with Crippen LogP contribution in [-0.2, 0) is 17.9 Å². The summed E-state index contributed by atoms with van der Waals surface area (Å²) in [5.41, 5.74) is 3.61. The number of ether oxygens (including phenoxy) is 2. The molecule has 3 rings (SSSR count).